The Hall–Kier alpha value is -2.18. The lowest BCUT2D eigenvalue weighted by molar-refractivity contribution is 0.0597. The number of methoxy groups -OCH3 is 1. The highest BCUT2D eigenvalue weighted by Gasteiger charge is 2.24. The standard InChI is InChI=1S/C19H25N3O3/c1-25-19(24)17-5-3-2-4-16(17)14-21-10-7-15(8-11-21)18-6-9-20-22(18)12-13-23/h2-6,9,15,23H,7-8,10-14H2,1H3. The normalized spacial score (nSPS) is 16.1. The molecule has 0 radical (unpaired) electrons. The van der Waals surface area contributed by atoms with E-state index in [0.717, 1.165) is 38.0 Å². The van der Waals surface area contributed by atoms with Crippen LogP contribution in [0.2, 0.25) is 0 Å². The summed E-state index contributed by atoms with van der Waals surface area (Å²) in [7, 11) is 1.42. The fourth-order valence-electron chi connectivity index (χ4n) is 3.57. The minimum atomic E-state index is -0.279. The molecule has 0 atom stereocenters. The Bertz CT molecular complexity index is 705. The molecule has 1 aromatic carbocycles. The van der Waals surface area contributed by atoms with E-state index in [1.807, 2.05) is 35.1 Å². The number of benzene rings is 1. The molecule has 1 saturated heterocycles. The van der Waals surface area contributed by atoms with Crippen LogP contribution in [0.4, 0.5) is 0 Å². The third-order valence-corrected chi connectivity index (χ3v) is 4.88. The molecule has 0 amide bonds. The van der Waals surface area contributed by atoms with E-state index in [4.69, 9.17) is 9.84 Å². The van der Waals surface area contributed by atoms with E-state index in [-0.39, 0.29) is 12.6 Å². The number of aliphatic hydroxyl groups excluding tert-OH is 1. The number of rotatable bonds is 6. The highest BCUT2D eigenvalue weighted by Crippen LogP contribution is 2.28. The van der Waals surface area contributed by atoms with Crippen molar-refractivity contribution in [1.29, 1.82) is 0 Å². The highest BCUT2D eigenvalue weighted by molar-refractivity contribution is 5.90. The fraction of sp³-hybridized carbons (Fsp3) is 0.474. The second-order valence-corrected chi connectivity index (χ2v) is 6.40. The molecule has 2 heterocycles. The zero-order valence-corrected chi connectivity index (χ0v) is 14.6. The highest BCUT2D eigenvalue weighted by atomic mass is 16.5. The number of aromatic nitrogens is 2. The summed E-state index contributed by atoms with van der Waals surface area (Å²) in [5.74, 6) is 0.194. The van der Waals surface area contributed by atoms with Crippen LogP contribution >= 0.6 is 0 Å². The molecule has 134 valence electrons. The van der Waals surface area contributed by atoms with Crippen molar-refractivity contribution in [3.05, 3.63) is 53.3 Å². The summed E-state index contributed by atoms with van der Waals surface area (Å²) < 4.78 is 6.79. The molecule has 1 N–H and O–H groups in total. The average molecular weight is 343 g/mol. The molecule has 1 aromatic heterocycles. The molecular formula is C19H25N3O3. The van der Waals surface area contributed by atoms with Crippen molar-refractivity contribution in [2.45, 2.75) is 31.8 Å². The maximum Gasteiger partial charge on any atom is 0.338 e. The van der Waals surface area contributed by atoms with E-state index in [1.165, 1.54) is 12.8 Å². The Labute approximate surface area is 148 Å². The van der Waals surface area contributed by atoms with Crippen molar-refractivity contribution in [1.82, 2.24) is 14.7 Å². The molecule has 2 aromatic rings. The van der Waals surface area contributed by atoms with Crippen LogP contribution in [-0.2, 0) is 17.8 Å². The zero-order chi connectivity index (χ0) is 17.6. The van der Waals surface area contributed by atoms with Gasteiger partial charge in [-0.25, -0.2) is 4.79 Å². The van der Waals surface area contributed by atoms with Gasteiger partial charge in [-0.05, 0) is 43.6 Å². The molecule has 0 saturated carbocycles. The van der Waals surface area contributed by atoms with Gasteiger partial charge < -0.3 is 9.84 Å². The number of hydrogen-bond acceptors (Lipinski definition) is 5. The first-order valence-electron chi connectivity index (χ1n) is 8.74. The Morgan fingerprint density at radius 2 is 2.04 bits per heavy atom. The third-order valence-electron chi connectivity index (χ3n) is 4.88. The third kappa shape index (κ3) is 4.08. The Kier molecular flexibility index (Phi) is 5.83. The molecule has 1 aliphatic heterocycles. The van der Waals surface area contributed by atoms with Crippen LogP contribution in [0.5, 0.6) is 0 Å². The molecule has 3 rings (SSSR count). The molecule has 0 aliphatic carbocycles. The van der Waals surface area contributed by atoms with Gasteiger partial charge in [-0.3, -0.25) is 9.58 Å². The number of esters is 1. The van der Waals surface area contributed by atoms with Gasteiger partial charge in [0.05, 0.1) is 25.8 Å². The Morgan fingerprint density at radius 3 is 2.76 bits per heavy atom. The summed E-state index contributed by atoms with van der Waals surface area (Å²) in [5, 5.41) is 13.5. The lowest BCUT2D eigenvalue weighted by atomic mass is 9.93. The molecule has 0 unspecified atom stereocenters. The Morgan fingerprint density at radius 1 is 1.28 bits per heavy atom. The topological polar surface area (TPSA) is 67.6 Å². The fourth-order valence-corrected chi connectivity index (χ4v) is 3.57. The van der Waals surface area contributed by atoms with Gasteiger partial charge in [0.2, 0.25) is 0 Å². The molecule has 0 spiro atoms. The van der Waals surface area contributed by atoms with Gasteiger partial charge in [0.1, 0.15) is 0 Å². The molecule has 0 bridgehead atoms. The lowest BCUT2D eigenvalue weighted by Gasteiger charge is -2.32. The Balaban J connectivity index is 1.62. The number of piperidine rings is 1. The maximum atomic E-state index is 11.9. The van der Waals surface area contributed by atoms with E-state index in [9.17, 15) is 4.79 Å². The minimum Gasteiger partial charge on any atom is -0.465 e. The van der Waals surface area contributed by atoms with Crippen molar-refractivity contribution < 1.29 is 14.6 Å². The first kappa shape index (κ1) is 17.6. The van der Waals surface area contributed by atoms with Crippen LogP contribution in [0.1, 0.15) is 40.4 Å². The van der Waals surface area contributed by atoms with Crippen molar-refractivity contribution in [3.8, 4) is 0 Å². The number of hydrogen-bond donors (Lipinski definition) is 1. The zero-order valence-electron chi connectivity index (χ0n) is 14.6. The van der Waals surface area contributed by atoms with Crippen LogP contribution in [0, 0.1) is 0 Å². The summed E-state index contributed by atoms with van der Waals surface area (Å²) >= 11 is 0. The molecule has 1 fully saturated rings. The quantitative estimate of drug-likeness (QED) is 0.813. The summed E-state index contributed by atoms with van der Waals surface area (Å²) in [6, 6.07) is 9.70. The lowest BCUT2D eigenvalue weighted by Crippen LogP contribution is -2.33. The second kappa shape index (κ2) is 8.27. The predicted octanol–water partition coefficient (Wildman–Crippen LogP) is 2.04. The van der Waals surface area contributed by atoms with Crippen LogP contribution < -0.4 is 0 Å². The van der Waals surface area contributed by atoms with Gasteiger partial charge in [-0.1, -0.05) is 18.2 Å². The van der Waals surface area contributed by atoms with Crippen LogP contribution in [0.3, 0.4) is 0 Å². The van der Waals surface area contributed by atoms with Gasteiger partial charge in [-0.15, -0.1) is 0 Å². The summed E-state index contributed by atoms with van der Waals surface area (Å²) in [6.07, 6.45) is 3.92. The summed E-state index contributed by atoms with van der Waals surface area (Å²) in [5.41, 5.74) is 2.87. The van der Waals surface area contributed by atoms with Crippen molar-refractivity contribution in [3.63, 3.8) is 0 Å². The molecule has 6 heteroatoms. The van der Waals surface area contributed by atoms with Crippen LogP contribution in [-0.4, -0.2) is 52.6 Å². The number of ether oxygens (including phenoxy) is 1. The number of aliphatic hydroxyl groups is 1. The summed E-state index contributed by atoms with van der Waals surface area (Å²) in [6.45, 7) is 3.37. The van der Waals surface area contributed by atoms with E-state index in [2.05, 4.69) is 16.1 Å². The first-order chi connectivity index (χ1) is 12.2. The van der Waals surface area contributed by atoms with Gasteiger partial charge in [0.15, 0.2) is 0 Å². The van der Waals surface area contributed by atoms with Gasteiger partial charge in [-0.2, -0.15) is 5.10 Å². The SMILES string of the molecule is COC(=O)c1ccccc1CN1CCC(c2ccnn2CCO)CC1. The number of carbonyl (C=O) groups excluding carboxylic acids is 1. The van der Waals surface area contributed by atoms with Crippen molar-refractivity contribution in [2.75, 3.05) is 26.8 Å². The van der Waals surface area contributed by atoms with E-state index >= 15 is 0 Å². The number of carbonyl (C=O) groups is 1. The molecular weight excluding hydrogens is 318 g/mol. The van der Waals surface area contributed by atoms with E-state index in [1.54, 1.807) is 0 Å². The number of nitrogens with zero attached hydrogens (tertiary/aromatic N) is 3. The maximum absolute atomic E-state index is 11.9. The smallest absolute Gasteiger partial charge is 0.338 e. The van der Waals surface area contributed by atoms with Gasteiger partial charge in [0.25, 0.3) is 0 Å². The molecule has 25 heavy (non-hydrogen) atoms. The monoisotopic (exact) mass is 343 g/mol. The van der Waals surface area contributed by atoms with E-state index in [0.29, 0.717) is 18.0 Å². The van der Waals surface area contributed by atoms with Gasteiger partial charge in [0, 0.05) is 24.4 Å². The van der Waals surface area contributed by atoms with E-state index < -0.39 is 0 Å². The van der Waals surface area contributed by atoms with Crippen molar-refractivity contribution >= 4 is 5.97 Å². The molecule has 6 nitrogen and oxygen atoms in total. The van der Waals surface area contributed by atoms with Crippen LogP contribution in [0.15, 0.2) is 36.5 Å². The number of likely N-dealkylation sites (tertiary alicyclic amines) is 1. The summed E-state index contributed by atoms with van der Waals surface area (Å²) in [4.78, 5) is 14.3. The predicted molar refractivity (Wildman–Crippen MR) is 94.3 cm³/mol. The first-order valence-corrected chi connectivity index (χ1v) is 8.74. The second-order valence-electron chi connectivity index (χ2n) is 6.40. The minimum absolute atomic E-state index is 0.109. The average Bonchev–Trinajstić information content (AvgIpc) is 3.11. The molecule has 1 aliphatic rings. The van der Waals surface area contributed by atoms with Crippen molar-refractivity contribution in [2.24, 2.45) is 0 Å². The largest absolute Gasteiger partial charge is 0.465 e. The van der Waals surface area contributed by atoms with Crippen LogP contribution in [0.25, 0.3) is 0 Å². The van der Waals surface area contributed by atoms with Gasteiger partial charge >= 0.3 is 5.97 Å².